The van der Waals surface area contributed by atoms with E-state index in [1.54, 1.807) is 24.4 Å². The fourth-order valence-electron chi connectivity index (χ4n) is 1.66. The van der Waals surface area contributed by atoms with Gasteiger partial charge in [-0.3, -0.25) is 0 Å². The number of ether oxygens (including phenoxy) is 1. The third-order valence-electron chi connectivity index (χ3n) is 2.40. The number of nitrogens with one attached hydrogen (secondary N) is 1. The van der Waals surface area contributed by atoms with Gasteiger partial charge < -0.3 is 15.8 Å². The lowest BCUT2D eigenvalue weighted by molar-refractivity contribution is 0.190. The highest BCUT2D eigenvalue weighted by atomic mass is 16.5. The second-order valence-corrected chi connectivity index (χ2v) is 3.83. The van der Waals surface area contributed by atoms with Gasteiger partial charge in [-0.1, -0.05) is 30.3 Å². The van der Waals surface area contributed by atoms with Crippen LogP contribution in [0.1, 0.15) is 5.56 Å². The first-order chi connectivity index (χ1) is 8.74. The van der Waals surface area contributed by atoms with Crippen molar-refractivity contribution in [3.05, 3.63) is 71.8 Å². The molecule has 1 amide bonds. The molecule has 0 aliphatic carbocycles. The van der Waals surface area contributed by atoms with Gasteiger partial charge >= 0.3 is 6.09 Å². The first-order valence-electron chi connectivity index (χ1n) is 5.59. The van der Waals surface area contributed by atoms with Gasteiger partial charge in [0.25, 0.3) is 0 Å². The lowest BCUT2D eigenvalue weighted by Gasteiger charge is -2.07. The van der Waals surface area contributed by atoms with Crippen LogP contribution in [-0.4, -0.2) is 6.09 Å². The zero-order valence-corrected chi connectivity index (χ0v) is 9.80. The molecule has 4 nitrogen and oxygen atoms in total. The topological polar surface area (TPSA) is 64.4 Å². The Kier molecular flexibility index (Phi) is 3.81. The van der Waals surface area contributed by atoms with Crippen molar-refractivity contribution in [3.8, 4) is 0 Å². The molecule has 2 rings (SSSR count). The summed E-state index contributed by atoms with van der Waals surface area (Å²) >= 11 is 0. The summed E-state index contributed by atoms with van der Waals surface area (Å²) in [5.74, 6) is 0.426. The molecule has 0 aromatic heterocycles. The average Bonchev–Trinajstić information content (AvgIpc) is 2.55. The molecule has 1 heterocycles. The molecule has 0 bridgehead atoms. The van der Waals surface area contributed by atoms with Crippen LogP contribution in [0.25, 0.3) is 0 Å². The number of hydrogen-bond donors (Lipinski definition) is 2. The van der Waals surface area contributed by atoms with Gasteiger partial charge in [-0.25, -0.2) is 4.79 Å². The molecule has 1 aliphatic rings. The fourth-order valence-corrected chi connectivity index (χ4v) is 1.66. The van der Waals surface area contributed by atoms with Crippen LogP contribution in [0.5, 0.6) is 0 Å². The van der Waals surface area contributed by atoms with Gasteiger partial charge in [-0.2, -0.15) is 0 Å². The van der Waals surface area contributed by atoms with Crippen LogP contribution >= 0.6 is 0 Å². The van der Waals surface area contributed by atoms with Crippen molar-refractivity contribution in [1.82, 2.24) is 5.32 Å². The molecule has 92 valence electrons. The minimum Gasteiger partial charge on any atom is -0.410 e. The molecule has 0 atom stereocenters. The fraction of sp³-hybridized carbons (Fsp3) is 0.0714. The summed E-state index contributed by atoms with van der Waals surface area (Å²) in [6.45, 7) is 0. The average molecular weight is 242 g/mol. The number of benzene rings is 1. The van der Waals surface area contributed by atoms with Gasteiger partial charge in [0.05, 0.1) is 0 Å². The van der Waals surface area contributed by atoms with Crippen molar-refractivity contribution in [3.63, 3.8) is 0 Å². The van der Waals surface area contributed by atoms with Gasteiger partial charge in [0.1, 0.15) is 5.76 Å². The van der Waals surface area contributed by atoms with Crippen LogP contribution in [0, 0.1) is 0 Å². The van der Waals surface area contributed by atoms with Crippen LogP contribution in [0.15, 0.2) is 66.2 Å². The van der Waals surface area contributed by atoms with Crippen molar-refractivity contribution >= 4 is 6.09 Å². The number of allylic oxidation sites excluding steroid dienone is 4. The highest BCUT2D eigenvalue weighted by molar-refractivity contribution is 5.66. The predicted octanol–water partition coefficient (Wildman–Crippen LogP) is 2.21. The molecule has 18 heavy (non-hydrogen) atoms. The largest absolute Gasteiger partial charge is 0.410 e. The van der Waals surface area contributed by atoms with Gasteiger partial charge in [-0.15, -0.1) is 0 Å². The maximum Gasteiger partial charge on any atom is 0.409 e. The maximum absolute atomic E-state index is 10.7. The molecule has 0 unspecified atom stereocenters. The monoisotopic (exact) mass is 242 g/mol. The Morgan fingerprint density at radius 3 is 2.78 bits per heavy atom. The highest BCUT2D eigenvalue weighted by Gasteiger charge is 2.05. The number of carbonyl (C=O) groups is 1. The van der Waals surface area contributed by atoms with Gasteiger partial charge in [-0.05, 0) is 17.7 Å². The first-order valence-corrected chi connectivity index (χ1v) is 5.59. The SMILES string of the molecule is NC(=O)OC1=CC=CNC(Cc2ccccc2)=C1. The van der Waals surface area contributed by atoms with Gasteiger partial charge in [0.15, 0.2) is 0 Å². The number of nitrogens with two attached hydrogens (primary N) is 1. The standard InChI is InChI=1S/C14H14N2O2/c15-14(17)18-13-7-4-8-16-12(10-13)9-11-5-2-1-3-6-11/h1-8,10,16H,9H2,(H2,15,17). The van der Waals surface area contributed by atoms with Crippen molar-refractivity contribution in [2.24, 2.45) is 5.73 Å². The second kappa shape index (κ2) is 5.72. The number of amides is 1. The summed E-state index contributed by atoms with van der Waals surface area (Å²) in [7, 11) is 0. The van der Waals surface area contributed by atoms with Crippen LogP contribution in [0.3, 0.4) is 0 Å². The summed E-state index contributed by atoms with van der Waals surface area (Å²) in [6, 6.07) is 10.0. The number of primary amides is 1. The van der Waals surface area contributed by atoms with E-state index < -0.39 is 6.09 Å². The van der Waals surface area contributed by atoms with Crippen molar-refractivity contribution in [1.29, 1.82) is 0 Å². The molecule has 3 N–H and O–H groups in total. The second-order valence-electron chi connectivity index (χ2n) is 3.83. The van der Waals surface area contributed by atoms with E-state index in [-0.39, 0.29) is 0 Å². The van der Waals surface area contributed by atoms with E-state index in [9.17, 15) is 4.79 Å². The number of carbonyl (C=O) groups excluding carboxylic acids is 1. The minimum absolute atomic E-state index is 0.426. The summed E-state index contributed by atoms with van der Waals surface area (Å²) in [6.07, 6.45) is 6.89. The van der Waals surface area contributed by atoms with E-state index in [2.05, 4.69) is 5.32 Å². The first kappa shape index (κ1) is 12.0. The van der Waals surface area contributed by atoms with E-state index in [0.717, 1.165) is 12.1 Å². The Balaban J connectivity index is 2.12. The Hall–Kier alpha value is -2.49. The summed E-state index contributed by atoms with van der Waals surface area (Å²) in [4.78, 5) is 10.7. The zero-order valence-electron chi connectivity index (χ0n) is 9.80. The summed E-state index contributed by atoms with van der Waals surface area (Å²) in [5, 5.41) is 3.13. The number of rotatable bonds is 3. The van der Waals surface area contributed by atoms with Crippen LogP contribution in [0.4, 0.5) is 4.79 Å². The molecular weight excluding hydrogens is 228 g/mol. The number of hydrogen-bond acceptors (Lipinski definition) is 3. The third kappa shape index (κ3) is 3.52. The van der Waals surface area contributed by atoms with Gasteiger partial charge in [0.2, 0.25) is 0 Å². The molecule has 4 heteroatoms. The highest BCUT2D eigenvalue weighted by Crippen LogP contribution is 2.12. The van der Waals surface area contributed by atoms with Crippen LogP contribution in [0.2, 0.25) is 0 Å². The van der Waals surface area contributed by atoms with Crippen molar-refractivity contribution in [2.75, 3.05) is 0 Å². The molecule has 0 saturated carbocycles. The van der Waals surface area contributed by atoms with E-state index in [4.69, 9.17) is 10.5 Å². The lowest BCUT2D eigenvalue weighted by Crippen LogP contribution is -2.13. The quantitative estimate of drug-likeness (QED) is 0.854. The molecular formula is C14H14N2O2. The zero-order chi connectivity index (χ0) is 12.8. The smallest absolute Gasteiger partial charge is 0.409 e. The van der Waals surface area contributed by atoms with Crippen LogP contribution < -0.4 is 11.1 Å². The molecule has 0 fully saturated rings. The molecule has 1 aromatic rings. The summed E-state index contributed by atoms with van der Waals surface area (Å²) in [5.41, 5.74) is 7.10. The van der Waals surface area contributed by atoms with E-state index in [1.807, 2.05) is 30.3 Å². The van der Waals surface area contributed by atoms with Crippen molar-refractivity contribution in [2.45, 2.75) is 6.42 Å². The third-order valence-corrected chi connectivity index (χ3v) is 2.40. The Bertz CT molecular complexity index is 516. The molecule has 0 saturated heterocycles. The Morgan fingerprint density at radius 2 is 2.06 bits per heavy atom. The predicted molar refractivity (Wildman–Crippen MR) is 69.3 cm³/mol. The van der Waals surface area contributed by atoms with Crippen LogP contribution in [-0.2, 0) is 11.2 Å². The molecule has 1 aliphatic heterocycles. The minimum atomic E-state index is -0.813. The molecule has 1 aromatic carbocycles. The lowest BCUT2D eigenvalue weighted by atomic mass is 10.1. The van der Waals surface area contributed by atoms with Gasteiger partial charge in [0, 0.05) is 24.4 Å². The maximum atomic E-state index is 10.7. The summed E-state index contributed by atoms with van der Waals surface area (Å²) < 4.78 is 4.87. The normalized spacial score (nSPS) is 14.0. The Labute approximate surface area is 105 Å². The van der Waals surface area contributed by atoms with Crippen molar-refractivity contribution < 1.29 is 9.53 Å². The molecule has 0 spiro atoms. The van der Waals surface area contributed by atoms with E-state index >= 15 is 0 Å². The molecule has 0 radical (unpaired) electrons. The Morgan fingerprint density at radius 1 is 1.28 bits per heavy atom. The van der Waals surface area contributed by atoms with E-state index in [1.165, 1.54) is 5.56 Å². The van der Waals surface area contributed by atoms with E-state index in [0.29, 0.717) is 5.76 Å².